The molecule has 32 heavy (non-hydrogen) atoms. The van der Waals surface area contributed by atoms with Crippen LogP contribution in [0.1, 0.15) is 5.56 Å². The molecule has 0 radical (unpaired) electrons. The first-order valence-corrected chi connectivity index (χ1v) is 10.2. The minimum atomic E-state index is 0.104. The standard InChI is InChI=1S/C26H24N2O4/c1-29-11-12-31-17-32-26-21(18-7-4-3-5-8-18)9-6-10-22(26)24-14-19-13-20(16-27)25(30-2)15-23(19)28-24/h3-10,13-15,28H,11-12,17H2,1-2H3. The molecule has 0 spiro atoms. The number of hydrogen-bond donors (Lipinski definition) is 1. The lowest BCUT2D eigenvalue weighted by Crippen LogP contribution is -2.09. The van der Waals surface area contributed by atoms with Crippen molar-refractivity contribution in [2.75, 3.05) is 34.2 Å². The minimum absolute atomic E-state index is 0.104. The van der Waals surface area contributed by atoms with Crippen molar-refractivity contribution < 1.29 is 18.9 Å². The van der Waals surface area contributed by atoms with Gasteiger partial charge in [0.25, 0.3) is 0 Å². The molecule has 6 nitrogen and oxygen atoms in total. The number of methoxy groups -OCH3 is 2. The van der Waals surface area contributed by atoms with Gasteiger partial charge in [-0.15, -0.1) is 0 Å². The average Bonchev–Trinajstić information content (AvgIpc) is 3.26. The first-order valence-electron chi connectivity index (χ1n) is 10.2. The fourth-order valence-electron chi connectivity index (χ4n) is 3.61. The van der Waals surface area contributed by atoms with Crippen LogP contribution in [0, 0.1) is 11.3 Å². The largest absolute Gasteiger partial charge is 0.495 e. The van der Waals surface area contributed by atoms with E-state index >= 15 is 0 Å². The summed E-state index contributed by atoms with van der Waals surface area (Å²) in [6.07, 6.45) is 0. The molecule has 3 aromatic carbocycles. The number of nitrogens with zero attached hydrogens (tertiary/aromatic N) is 1. The summed E-state index contributed by atoms with van der Waals surface area (Å²) in [5, 5.41) is 10.3. The molecule has 0 aliphatic rings. The van der Waals surface area contributed by atoms with Gasteiger partial charge < -0.3 is 23.9 Å². The van der Waals surface area contributed by atoms with Gasteiger partial charge in [0.2, 0.25) is 0 Å². The highest BCUT2D eigenvalue weighted by Crippen LogP contribution is 2.40. The normalized spacial score (nSPS) is 10.8. The molecule has 4 rings (SSSR count). The van der Waals surface area contributed by atoms with Crippen LogP contribution < -0.4 is 9.47 Å². The molecule has 0 bridgehead atoms. The Hall–Kier alpha value is -3.79. The molecule has 0 unspecified atom stereocenters. The molecule has 0 amide bonds. The number of benzene rings is 3. The van der Waals surface area contributed by atoms with Crippen LogP contribution in [0.3, 0.4) is 0 Å². The van der Waals surface area contributed by atoms with E-state index < -0.39 is 0 Å². The van der Waals surface area contributed by atoms with Gasteiger partial charge in [-0.3, -0.25) is 0 Å². The summed E-state index contributed by atoms with van der Waals surface area (Å²) in [7, 11) is 3.19. The molecule has 0 saturated heterocycles. The van der Waals surface area contributed by atoms with Gasteiger partial charge >= 0.3 is 0 Å². The predicted octanol–water partition coefficient (Wildman–Crippen LogP) is 5.38. The van der Waals surface area contributed by atoms with E-state index in [9.17, 15) is 5.26 Å². The van der Waals surface area contributed by atoms with Crippen molar-refractivity contribution in [1.29, 1.82) is 5.26 Å². The van der Waals surface area contributed by atoms with E-state index in [1.165, 1.54) is 0 Å². The number of hydrogen-bond acceptors (Lipinski definition) is 5. The lowest BCUT2D eigenvalue weighted by atomic mass is 10.00. The lowest BCUT2D eigenvalue weighted by molar-refractivity contribution is -0.00797. The number of nitrogens with one attached hydrogen (secondary N) is 1. The summed E-state index contributed by atoms with van der Waals surface area (Å²) in [4.78, 5) is 3.44. The summed E-state index contributed by atoms with van der Waals surface area (Å²) < 4.78 is 22.1. The smallest absolute Gasteiger partial charge is 0.189 e. The number of aromatic nitrogens is 1. The van der Waals surface area contributed by atoms with E-state index in [4.69, 9.17) is 18.9 Å². The highest BCUT2D eigenvalue weighted by Gasteiger charge is 2.16. The van der Waals surface area contributed by atoms with Crippen LogP contribution in [0.4, 0.5) is 0 Å². The molecule has 162 valence electrons. The monoisotopic (exact) mass is 428 g/mol. The topological polar surface area (TPSA) is 76.5 Å². The third kappa shape index (κ3) is 4.45. The summed E-state index contributed by atoms with van der Waals surface area (Å²) in [5.41, 5.74) is 5.16. The van der Waals surface area contributed by atoms with Gasteiger partial charge in [-0.1, -0.05) is 42.5 Å². The summed E-state index contributed by atoms with van der Waals surface area (Å²) in [5.74, 6) is 1.25. The van der Waals surface area contributed by atoms with Crippen molar-refractivity contribution in [1.82, 2.24) is 4.98 Å². The predicted molar refractivity (Wildman–Crippen MR) is 124 cm³/mol. The number of nitriles is 1. The first-order chi connectivity index (χ1) is 15.7. The zero-order chi connectivity index (χ0) is 22.3. The number of H-pyrrole nitrogens is 1. The van der Waals surface area contributed by atoms with Crippen LogP contribution in [0.15, 0.2) is 66.7 Å². The number of fused-ring (bicyclic) bond motifs is 1. The van der Waals surface area contributed by atoms with Crippen LogP contribution in [-0.2, 0) is 9.47 Å². The number of aromatic amines is 1. The molecule has 6 heteroatoms. The molecule has 0 aliphatic carbocycles. The van der Waals surface area contributed by atoms with E-state index in [0.717, 1.165) is 39.0 Å². The quantitative estimate of drug-likeness (QED) is 0.286. The Bertz CT molecular complexity index is 1240. The average molecular weight is 428 g/mol. The molecule has 0 aliphatic heterocycles. The van der Waals surface area contributed by atoms with Crippen molar-refractivity contribution in [2.45, 2.75) is 0 Å². The molecular weight excluding hydrogens is 404 g/mol. The van der Waals surface area contributed by atoms with Gasteiger partial charge in [0.05, 0.1) is 31.6 Å². The number of rotatable bonds is 9. The highest BCUT2D eigenvalue weighted by atomic mass is 16.7. The minimum Gasteiger partial charge on any atom is -0.495 e. The molecule has 1 N–H and O–H groups in total. The fraction of sp³-hybridized carbons (Fsp3) is 0.192. The van der Waals surface area contributed by atoms with Crippen LogP contribution in [0.25, 0.3) is 33.3 Å². The van der Waals surface area contributed by atoms with E-state index in [0.29, 0.717) is 24.5 Å². The number of ether oxygens (including phenoxy) is 4. The Morgan fingerprint density at radius 1 is 0.906 bits per heavy atom. The molecule has 0 fully saturated rings. The Morgan fingerprint density at radius 2 is 1.72 bits per heavy atom. The lowest BCUT2D eigenvalue weighted by Gasteiger charge is -2.16. The van der Waals surface area contributed by atoms with Crippen molar-refractivity contribution in [3.63, 3.8) is 0 Å². The van der Waals surface area contributed by atoms with Crippen molar-refractivity contribution in [2.24, 2.45) is 0 Å². The molecule has 4 aromatic rings. The second kappa shape index (κ2) is 10.0. The highest BCUT2D eigenvalue weighted by molar-refractivity contribution is 5.91. The summed E-state index contributed by atoms with van der Waals surface area (Å²) in [6.45, 7) is 1.05. The zero-order valence-electron chi connectivity index (χ0n) is 18.1. The first kappa shape index (κ1) is 21.4. The van der Waals surface area contributed by atoms with Crippen molar-refractivity contribution in [3.8, 4) is 40.0 Å². The molecular formula is C26H24N2O4. The SMILES string of the molecule is COCCOCOc1c(-c2ccccc2)cccc1-c1cc2cc(C#N)c(OC)cc2[nH]1. The summed E-state index contributed by atoms with van der Waals surface area (Å²) >= 11 is 0. The second-order valence-corrected chi connectivity index (χ2v) is 7.15. The van der Waals surface area contributed by atoms with E-state index in [-0.39, 0.29) is 6.79 Å². The maximum atomic E-state index is 9.42. The number of para-hydroxylation sites is 1. The Kier molecular flexibility index (Phi) is 6.71. The van der Waals surface area contributed by atoms with Crippen LogP contribution in [-0.4, -0.2) is 39.2 Å². The third-order valence-corrected chi connectivity index (χ3v) is 5.17. The van der Waals surface area contributed by atoms with Gasteiger partial charge in [0, 0.05) is 35.2 Å². The maximum Gasteiger partial charge on any atom is 0.189 e. The van der Waals surface area contributed by atoms with Crippen LogP contribution in [0.5, 0.6) is 11.5 Å². The Morgan fingerprint density at radius 3 is 2.47 bits per heavy atom. The van der Waals surface area contributed by atoms with E-state index in [2.05, 4.69) is 11.1 Å². The van der Waals surface area contributed by atoms with Gasteiger partial charge in [0.1, 0.15) is 17.6 Å². The van der Waals surface area contributed by atoms with Crippen LogP contribution in [0.2, 0.25) is 0 Å². The molecule has 1 heterocycles. The van der Waals surface area contributed by atoms with Crippen molar-refractivity contribution >= 4 is 10.9 Å². The van der Waals surface area contributed by atoms with E-state index in [1.807, 2.05) is 66.7 Å². The Balaban J connectivity index is 1.78. The maximum absolute atomic E-state index is 9.42. The fourth-order valence-corrected chi connectivity index (χ4v) is 3.61. The second-order valence-electron chi connectivity index (χ2n) is 7.15. The molecule has 0 saturated carbocycles. The Labute approximate surface area is 186 Å². The third-order valence-electron chi connectivity index (χ3n) is 5.17. The van der Waals surface area contributed by atoms with Crippen molar-refractivity contribution in [3.05, 3.63) is 72.3 Å². The van der Waals surface area contributed by atoms with Gasteiger partial charge in [-0.2, -0.15) is 5.26 Å². The van der Waals surface area contributed by atoms with E-state index in [1.54, 1.807) is 14.2 Å². The zero-order valence-corrected chi connectivity index (χ0v) is 18.1. The van der Waals surface area contributed by atoms with Gasteiger partial charge in [-0.05, 0) is 23.8 Å². The molecule has 0 atom stereocenters. The van der Waals surface area contributed by atoms with Crippen LogP contribution >= 0.6 is 0 Å². The van der Waals surface area contributed by atoms with Gasteiger partial charge in [-0.25, -0.2) is 0 Å². The van der Waals surface area contributed by atoms with Gasteiger partial charge in [0.15, 0.2) is 6.79 Å². The molecule has 1 aromatic heterocycles. The summed E-state index contributed by atoms with van der Waals surface area (Å²) in [6, 6.07) is 24.0.